The molecule has 6 heteroatoms. The lowest BCUT2D eigenvalue weighted by molar-refractivity contribution is -0.125. The number of fused-ring (bicyclic) bond motifs is 1. The number of thiophene rings is 1. The average Bonchev–Trinajstić information content (AvgIpc) is 3.42. The van der Waals surface area contributed by atoms with Crippen molar-refractivity contribution in [2.24, 2.45) is 5.92 Å². The van der Waals surface area contributed by atoms with Gasteiger partial charge in [-0.3, -0.25) is 19.3 Å². The lowest BCUT2D eigenvalue weighted by Crippen LogP contribution is -2.49. The molecule has 0 unspecified atom stereocenters. The zero-order chi connectivity index (χ0) is 19.0. The van der Waals surface area contributed by atoms with Gasteiger partial charge in [-0.15, -0.1) is 11.3 Å². The zero-order valence-corrected chi connectivity index (χ0v) is 16.0. The van der Waals surface area contributed by atoms with Gasteiger partial charge in [0.05, 0.1) is 17.2 Å². The topological polar surface area (TPSA) is 66.5 Å². The first kappa shape index (κ1) is 17.9. The molecule has 1 aromatic heterocycles. The van der Waals surface area contributed by atoms with Gasteiger partial charge in [0.25, 0.3) is 11.8 Å². The van der Waals surface area contributed by atoms with Crippen molar-refractivity contribution in [1.82, 2.24) is 10.2 Å². The van der Waals surface area contributed by atoms with E-state index >= 15 is 0 Å². The molecule has 2 heterocycles. The lowest BCUT2D eigenvalue weighted by Gasteiger charge is -2.28. The molecular formula is C21H22N2O3S. The highest BCUT2D eigenvalue weighted by Crippen LogP contribution is 2.37. The first-order valence-corrected chi connectivity index (χ1v) is 10.3. The summed E-state index contributed by atoms with van der Waals surface area (Å²) < 4.78 is 0. The Morgan fingerprint density at radius 1 is 1.07 bits per heavy atom. The number of amides is 3. The van der Waals surface area contributed by atoms with E-state index in [0.29, 0.717) is 17.0 Å². The summed E-state index contributed by atoms with van der Waals surface area (Å²) in [6.07, 6.45) is 4.53. The van der Waals surface area contributed by atoms with E-state index in [-0.39, 0.29) is 11.9 Å². The predicted molar refractivity (Wildman–Crippen MR) is 104 cm³/mol. The molecule has 2 aromatic rings. The van der Waals surface area contributed by atoms with Gasteiger partial charge in [0.15, 0.2) is 0 Å². The van der Waals surface area contributed by atoms with E-state index in [4.69, 9.17) is 0 Å². The largest absolute Gasteiger partial charge is 0.346 e. The molecule has 0 radical (unpaired) electrons. The molecule has 3 amide bonds. The Morgan fingerprint density at radius 2 is 1.70 bits per heavy atom. The fraction of sp³-hybridized carbons (Fsp3) is 0.381. The molecule has 1 saturated carbocycles. The van der Waals surface area contributed by atoms with Crippen LogP contribution in [0.5, 0.6) is 0 Å². The summed E-state index contributed by atoms with van der Waals surface area (Å²) in [5.74, 6) is -0.671. The SMILES string of the molecule is C[C@@H](C(=O)N[C@@H](c1cccs1)C1CCCC1)N1C(=O)c2ccccc2C1=O. The number of carbonyl (C=O) groups excluding carboxylic acids is 3. The van der Waals surface area contributed by atoms with Crippen LogP contribution < -0.4 is 5.32 Å². The molecule has 1 N–H and O–H groups in total. The summed E-state index contributed by atoms with van der Waals surface area (Å²) in [4.78, 5) is 40.5. The minimum Gasteiger partial charge on any atom is -0.346 e. The molecule has 4 rings (SSSR count). The third-order valence-electron chi connectivity index (χ3n) is 5.61. The molecule has 0 saturated heterocycles. The summed E-state index contributed by atoms with van der Waals surface area (Å²) in [5, 5.41) is 5.14. The summed E-state index contributed by atoms with van der Waals surface area (Å²) in [6, 6.07) is 9.85. The second kappa shape index (κ2) is 7.27. The van der Waals surface area contributed by atoms with E-state index in [9.17, 15) is 14.4 Å². The number of imide groups is 1. The normalized spacial score (nSPS) is 19.2. The van der Waals surface area contributed by atoms with Crippen LogP contribution in [0.3, 0.4) is 0 Å². The average molecular weight is 382 g/mol. The van der Waals surface area contributed by atoms with E-state index < -0.39 is 17.9 Å². The molecule has 5 nitrogen and oxygen atoms in total. The van der Waals surface area contributed by atoms with Crippen LogP contribution in [0.25, 0.3) is 0 Å². The number of carbonyl (C=O) groups is 3. The Hall–Kier alpha value is -2.47. The Bertz CT molecular complexity index is 836. The maximum atomic E-state index is 13.0. The smallest absolute Gasteiger partial charge is 0.262 e. The van der Waals surface area contributed by atoms with Crippen LogP contribution in [-0.2, 0) is 4.79 Å². The maximum Gasteiger partial charge on any atom is 0.262 e. The van der Waals surface area contributed by atoms with Gasteiger partial charge < -0.3 is 5.32 Å². The molecular weight excluding hydrogens is 360 g/mol. The number of hydrogen-bond acceptors (Lipinski definition) is 4. The van der Waals surface area contributed by atoms with Gasteiger partial charge in [-0.2, -0.15) is 0 Å². The van der Waals surface area contributed by atoms with E-state index in [0.717, 1.165) is 22.6 Å². The monoisotopic (exact) mass is 382 g/mol. The second-order valence-corrected chi connectivity index (χ2v) is 8.23. The highest BCUT2D eigenvalue weighted by atomic mass is 32.1. The van der Waals surface area contributed by atoms with Gasteiger partial charge >= 0.3 is 0 Å². The molecule has 2 atom stereocenters. The van der Waals surface area contributed by atoms with Crippen LogP contribution in [0, 0.1) is 5.92 Å². The van der Waals surface area contributed by atoms with Crippen LogP contribution in [0.2, 0.25) is 0 Å². The molecule has 1 aromatic carbocycles. The summed E-state index contributed by atoms with van der Waals surface area (Å²) >= 11 is 1.63. The quantitative estimate of drug-likeness (QED) is 0.801. The predicted octanol–water partition coefficient (Wildman–Crippen LogP) is 3.78. The summed E-state index contributed by atoms with van der Waals surface area (Å²) in [5.41, 5.74) is 0.737. The number of rotatable bonds is 5. The Balaban J connectivity index is 1.54. The Labute approximate surface area is 162 Å². The van der Waals surface area contributed by atoms with Crippen molar-refractivity contribution in [2.45, 2.75) is 44.7 Å². The summed E-state index contributed by atoms with van der Waals surface area (Å²) in [7, 11) is 0. The number of nitrogens with one attached hydrogen (secondary N) is 1. The van der Waals surface area contributed by atoms with Crippen molar-refractivity contribution in [3.63, 3.8) is 0 Å². The fourth-order valence-corrected chi connectivity index (χ4v) is 5.00. The molecule has 27 heavy (non-hydrogen) atoms. The van der Waals surface area contributed by atoms with Crippen molar-refractivity contribution in [3.05, 3.63) is 57.8 Å². The van der Waals surface area contributed by atoms with Gasteiger partial charge in [-0.1, -0.05) is 31.0 Å². The molecule has 1 fully saturated rings. The van der Waals surface area contributed by atoms with Crippen LogP contribution in [0.1, 0.15) is 64.2 Å². The minimum atomic E-state index is -0.846. The highest BCUT2D eigenvalue weighted by Gasteiger charge is 2.41. The van der Waals surface area contributed by atoms with Gasteiger partial charge in [0.1, 0.15) is 6.04 Å². The highest BCUT2D eigenvalue weighted by molar-refractivity contribution is 7.10. The minimum absolute atomic E-state index is 0.0577. The standard InChI is InChI=1S/C21H22N2O3S/c1-13(23-20(25)15-9-4-5-10-16(15)21(23)26)19(24)22-18(14-7-2-3-8-14)17-11-6-12-27-17/h4-6,9-14,18H,2-3,7-8H2,1H3,(H,22,24)/t13-,18+/m0/s1. The first-order chi connectivity index (χ1) is 13.1. The molecule has 1 aliphatic heterocycles. The number of benzene rings is 1. The second-order valence-electron chi connectivity index (χ2n) is 7.25. The summed E-state index contributed by atoms with van der Waals surface area (Å²) in [6.45, 7) is 1.62. The number of hydrogen-bond donors (Lipinski definition) is 1. The van der Waals surface area contributed by atoms with Gasteiger partial charge in [-0.05, 0) is 49.3 Å². The van der Waals surface area contributed by atoms with Crippen molar-refractivity contribution in [2.75, 3.05) is 0 Å². The van der Waals surface area contributed by atoms with E-state index in [1.54, 1.807) is 42.5 Å². The molecule has 2 aliphatic rings. The van der Waals surface area contributed by atoms with Gasteiger partial charge in [0, 0.05) is 4.88 Å². The zero-order valence-electron chi connectivity index (χ0n) is 15.2. The van der Waals surface area contributed by atoms with Crippen LogP contribution >= 0.6 is 11.3 Å². The van der Waals surface area contributed by atoms with Crippen LogP contribution in [0.15, 0.2) is 41.8 Å². The van der Waals surface area contributed by atoms with Crippen LogP contribution in [-0.4, -0.2) is 28.7 Å². The van der Waals surface area contributed by atoms with Crippen molar-refractivity contribution in [3.8, 4) is 0 Å². The van der Waals surface area contributed by atoms with Gasteiger partial charge in [0.2, 0.25) is 5.91 Å². The van der Waals surface area contributed by atoms with Crippen LogP contribution in [0.4, 0.5) is 0 Å². The third kappa shape index (κ3) is 3.18. The fourth-order valence-electron chi connectivity index (χ4n) is 4.13. The molecule has 0 bridgehead atoms. The molecule has 140 valence electrons. The Kier molecular flexibility index (Phi) is 4.83. The first-order valence-electron chi connectivity index (χ1n) is 9.38. The van der Waals surface area contributed by atoms with Crippen molar-refractivity contribution in [1.29, 1.82) is 0 Å². The van der Waals surface area contributed by atoms with E-state index in [1.807, 2.05) is 17.5 Å². The lowest BCUT2D eigenvalue weighted by atomic mass is 9.96. The molecule has 0 spiro atoms. The van der Waals surface area contributed by atoms with Crippen molar-refractivity contribution < 1.29 is 14.4 Å². The molecule has 1 aliphatic carbocycles. The maximum absolute atomic E-state index is 13.0. The number of nitrogens with zero attached hydrogens (tertiary/aromatic N) is 1. The van der Waals surface area contributed by atoms with Gasteiger partial charge in [-0.25, -0.2) is 0 Å². The third-order valence-corrected chi connectivity index (χ3v) is 6.57. The van der Waals surface area contributed by atoms with Crippen molar-refractivity contribution >= 4 is 29.1 Å². The Morgan fingerprint density at radius 3 is 2.26 bits per heavy atom. The van der Waals surface area contributed by atoms with E-state index in [1.165, 1.54) is 12.8 Å². The van der Waals surface area contributed by atoms with E-state index in [2.05, 4.69) is 5.32 Å².